The lowest BCUT2D eigenvalue weighted by Crippen LogP contribution is -1.95. The minimum absolute atomic E-state index is 0.400. The minimum Gasteiger partial charge on any atom is -0.497 e. The normalized spacial score (nSPS) is 8.92. The van der Waals surface area contributed by atoms with Gasteiger partial charge in [0.25, 0.3) is 0 Å². The maximum atomic E-state index is 8.29. The fourth-order valence-electron chi connectivity index (χ4n) is 0.905. The third-order valence-corrected chi connectivity index (χ3v) is 1.52. The van der Waals surface area contributed by atoms with E-state index in [1.165, 1.54) is 0 Å². The number of nitriles is 1. The summed E-state index contributed by atoms with van der Waals surface area (Å²) in [6, 6.07) is 9.32. The van der Waals surface area contributed by atoms with Gasteiger partial charge in [-0.3, -0.25) is 0 Å². The van der Waals surface area contributed by atoms with E-state index in [9.17, 15) is 0 Å². The molecule has 0 aliphatic carbocycles. The van der Waals surface area contributed by atoms with Crippen LogP contribution in [0.5, 0.6) is 11.5 Å². The van der Waals surface area contributed by atoms with E-state index in [1.54, 1.807) is 13.2 Å². The molecule has 0 heterocycles. The van der Waals surface area contributed by atoms with Crippen LogP contribution in [-0.4, -0.2) is 13.7 Å². The Kier molecular flexibility index (Phi) is 3.65. The highest BCUT2D eigenvalue weighted by Crippen LogP contribution is 2.18. The molecule has 0 amide bonds. The molecule has 3 nitrogen and oxygen atoms in total. The lowest BCUT2D eigenvalue weighted by atomic mass is 10.3. The van der Waals surface area contributed by atoms with Crippen LogP contribution in [0.2, 0.25) is 0 Å². The first-order valence-electron chi connectivity index (χ1n) is 4.00. The van der Waals surface area contributed by atoms with Crippen LogP contribution in [0, 0.1) is 11.3 Å². The van der Waals surface area contributed by atoms with Gasteiger partial charge < -0.3 is 9.47 Å². The van der Waals surface area contributed by atoms with Crippen LogP contribution in [0.15, 0.2) is 24.3 Å². The maximum Gasteiger partial charge on any atom is 0.123 e. The molecule has 0 saturated heterocycles. The molecule has 1 rings (SSSR count). The van der Waals surface area contributed by atoms with Crippen molar-refractivity contribution in [3.8, 4) is 17.6 Å². The van der Waals surface area contributed by atoms with Crippen molar-refractivity contribution >= 4 is 0 Å². The van der Waals surface area contributed by atoms with Crippen LogP contribution in [0.1, 0.15) is 6.42 Å². The summed E-state index contributed by atoms with van der Waals surface area (Å²) in [6.45, 7) is 0.420. The van der Waals surface area contributed by atoms with Gasteiger partial charge in [-0.2, -0.15) is 5.26 Å². The van der Waals surface area contributed by atoms with Crippen LogP contribution in [-0.2, 0) is 0 Å². The number of ether oxygens (including phenoxy) is 2. The molecule has 0 spiro atoms. The van der Waals surface area contributed by atoms with Gasteiger partial charge in [-0.15, -0.1) is 0 Å². The van der Waals surface area contributed by atoms with E-state index in [1.807, 2.05) is 24.3 Å². The van der Waals surface area contributed by atoms with E-state index in [0.717, 1.165) is 11.5 Å². The zero-order chi connectivity index (χ0) is 9.52. The molecule has 13 heavy (non-hydrogen) atoms. The molecular formula is C10H11NO2. The van der Waals surface area contributed by atoms with Crippen molar-refractivity contribution in [3.05, 3.63) is 24.3 Å². The second-order valence-corrected chi connectivity index (χ2v) is 2.44. The summed E-state index contributed by atoms with van der Waals surface area (Å²) in [5.41, 5.74) is 0. The fraction of sp³-hybridized carbons (Fsp3) is 0.300. The molecule has 0 fully saturated rings. The van der Waals surface area contributed by atoms with Crippen molar-refractivity contribution in [2.45, 2.75) is 6.42 Å². The predicted molar refractivity (Wildman–Crippen MR) is 48.7 cm³/mol. The second-order valence-electron chi connectivity index (χ2n) is 2.44. The molecule has 68 valence electrons. The van der Waals surface area contributed by atoms with E-state index in [4.69, 9.17) is 14.7 Å². The fourth-order valence-corrected chi connectivity index (χ4v) is 0.905. The van der Waals surface area contributed by atoms with Crippen molar-refractivity contribution < 1.29 is 9.47 Å². The lowest BCUT2D eigenvalue weighted by Gasteiger charge is -2.04. The van der Waals surface area contributed by atoms with Crippen LogP contribution in [0.25, 0.3) is 0 Å². The molecule has 0 aliphatic rings. The number of benzene rings is 1. The monoisotopic (exact) mass is 177 g/mol. The Morgan fingerprint density at radius 2 is 2.15 bits per heavy atom. The lowest BCUT2D eigenvalue weighted by molar-refractivity contribution is 0.323. The topological polar surface area (TPSA) is 42.2 Å². The van der Waals surface area contributed by atoms with E-state index < -0.39 is 0 Å². The molecule has 0 aromatic heterocycles. The summed E-state index contributed by atoms with van der Waals surface area (Å²) in [5, 5.41) is 8.29. The Morgan fingerprint density at radius 1 is 1.38 bits per heavy atom. The molecular weight excluding hydrogens is 166 g/mol. The Bertz CT molecular complexity index is 304. The molecule has 0 aliphatic heterocycles. The molecule has 3 heteroatoms. The number of methoxy groups -OCH3 is 1. The highest BCUT2D eigenvalue weighted by Gasteiger charge is 1.95. The van der Waals surface area contributed by atoms with Crippen LogP contribution < -0.4 is 9.47 Å². The van der Waals surface area contributed by atoms with Gasteiger partial charge in [-0.25, -0.2) is 0 Å². The zero-order valence-electron chi connectivity index (χ0n) is 7.49. The Morgan fingerprint density at radius 3 is 2.85 bits per heavy atom. The predicted octanol–water partition coefficient (Wildman–Crippen LogP) is 1.99. The van der Waals surface area contributed by atoms with Gasteiger partial charge in [0.05, 0.1) is 19.6 Å². The highest BCUT2D eigenvalue weighted by atomic mass is 16.5. The molecule has 0 atom stereocenters. The van der Waals surface area contributed by atoms with Gasteiger partial charge in [0.1, 0.15) is 18.1 Å². The van der Waals surface area contributed by atoms with Gasteiger partial charge in [0.15, 0.2) is 0 Å². The first kappa shape index (κ1) is 9.40. The summed E-state index contributed by atoms with van der Waals surface area (Å²) < 4.78 is 10.3. The van der Waals surface area contributed by atoms with Gasteiger partial charge in [-0.05, 0) is 12.1 Å². The number of hydrogen-bond acceptors (Lipinski definition) is 3. The van der Waals surface area contributed by atoms with Crippen molar-refractivity contribution in [2.75, 3.05) is 13.7 Å². The molecule has 0 N–H and O–H groups in total. The maximum absolute atomic E-state index is 8.29. The molecule has 0 saturated carbocycles. The largest absolute Gasteiger partial charge is 0.497 e. The summed E-state index contributed by atoms with van der Waals surface area (Å²) >= 11 is 0. The quantitative estimate of drug-likeness (QED) is 0.660. The summed E-state index contributed by atoms with van der Waals surface area (Å²) in [7, 11) is 1.61. The van der Waals surface area contributed by atoms with Gasteiger partial charge in [0.2, 0.25) is 0 Å². The Labute approximate surface area is 77.5 Å². The molecule has 1 aromatic rings. The third-order valence-electron chi connectivity index (χ3n) is 1.52. The number of hydrogen-bond donors (Lipinski definition) is 0. The zero-order valence-corrected chi connectivity index (χ0v) is 7.49. The highest BCUT2D eigenvalue weighted by molar-refractivity contribution is 5.32. The number of rotatable bonds is 4. The van der Waals surface area contributed by atoms with Crippen LogP contribution >= 0.6 is 0 Å². The average Bonchev–Trinajstić information content (AvgIpc) is 2.19. The van der Waals surface area contributed by atoms with Gasteiger partial charge in [0, 0.05) is 6.07 Å². The first-order chi connectivity index (χ1) is 6.36. The summed E-state index contributed by atoms with van der Waals surface area (Å²) in [5.74, 6) is 1.49. The standard InChI is InChI=1S/C10H11NO2/c1-12-9-4-2-5-10(8-9)13-7-3-6-11/h2,4-5,8H,3,7H2,1H3. The van der Waals surface area contributed by atoms with E-state index in [2.05, 4.69) is 0 Å². The minimum atomic E-state index is 0.400. The van der Waals surface area contributed by atoms with Crippen molar-refractivity contribution in [3.63, 3.8) is 0 Å². The molecule has 0 bridgehead atoms. The SMILES string of the molecule is COc1cccc(OCCC#N)c1. The third kappa shape index (κ3) is 3.04. The van der Waals surface area contributed by atoms with Gasteiger partial charge >= 0.3 is 0 Å². The molecule has 0 unspecified atom stereocenters. The van der Waals surface area contributed by atoms with E-state index in [-0.39, 0.29) is 0 Å². The Hall–Kier alpha value is -1.69. The van der Waals surface area contributed by atoms with Crippen LogP contribution in [0.4, 0.5) is 0 Å². The van der Waals surface area contributed by atoms with E-state index in [0.29, 0.717) is 13.0 Å². The van der Waals surface area contributed by atoms with E-state index >= 15 is 0 Å². The van der Waals surface area contributed by atoms with Gasteiger partial charge in [-0.1, -0.05) is 6.07 Å². The second kappa shape index (κ2) is 5.04. The van der Waals surface area contributed by atoms with Crippen molar-refractivity contribution in [1.29, 1.82) is 5.26 Å². The van der Waals surface area contributed by atoms with Crippen molar-refractivity contribution in [1.82, 2.24) is 0 Å². The number of nitrogens with zero attached hydrogens (tertiary/aromatic N) is 1. The van der Waals surface area contributed by atoms with Crippen molar-refractivity contribution in [2.24, 2.45) is 0 Å². The molecule has 1 aromatic carbocycles. The summed E-state index contributed by atoms with van der Waals surface area (Å²) in [4.78, 5) is 0. The first-order valence-corrected chi connectivity index (χ1v) is 4.00. The average molecular weight is 177 g/mol. The molecule has 0 radical (unpaired) electrons. The summed E-state index contributed by atoms with van der Waals surface area (Å²) in [6.07, 6.45) is 0.400. The smallest absolute Gasteiger partial charge is 0.123 e. The Balaban J connectivity index is 2.52. The van der Waals surface area contributed by atoms with Crippen LogP contribution in [0.3, 0.4) is 0 Å².